The van der Waals surface area contributed by atoms with Crippen molar-refractivity contribution < 1.29 is 0 Å². The van der Waals surface area contributed by atoms with Crippen molar-refractivity contribution in [2.45, 2.75) is 53.4 Å². The number of hydrogen-bond donors (Lipinski definition) is 0. The van der Waals surface area contributed by atoms with Crippen molar-refractivity contribution in [2.75, 3.05) is 0 Å². The Hall–Kier alpha value is -0.520. The second kappa shape index (κ2) is 4.64. The molecule has 0 fully saturated rings. The predicted octanol–water partition coefficient (Wildman–Crippen LogP) is 4.48. The molecule has 0 spiro atoms. The maximum atomic E-state index is 2.47. The summed E-state index contributed by atoms with van der Waals surface area (Å²) in [4.78, 5) is 0. The van der Waals surface area contributed by atoms with Gasteiger partial charge in [0.25, 0.3) is 0 Å². The molecule has 1 aliphatic carbocycles. The van der Waals surface area contributed by atoms with Gasteiger partial charge < -0.3 is 0 Å². The number of hydrogen-bond acceptors (Lipinski definition) is 0. The summed E-state index contributed by atoms with van der Waals surface area (Å²) in [6.45, 7) is 9.11. The Bertz CT molecular complexity index is 230. The molecule has 0 heteroatoms. The molecule has 0 aliphatic heterocycles. The van der Waals surface area contributed by atoms with E-state index in [1.54, 1.807) is 11.1 Å². The van der Waals surface area contributed by atoms with Crippen LogP contribution in [0.3, 0.4) is 0 Å². The molecule has 0 aromatic rings. The summed E-state index contributed by atoms with van der Waals surface area (Å²) in [5.74, 6) is 0.819. The van der Waals surface area contributed by atoms with Gasteiger partial charge in [0.05, 0.1) is 0 Å². The van der Waals surface area contributed by atoms with Crippen LogP contribution >= 0.6 is 0 Å². The van der Waals surface area contributed by atoms with Crippen molar-refractivity contribution in [3.8, 4) is 0 Å². The second-order valence-electron chi connectivity index (χ2n) is 4.14. The van der Waals surface area contributed by atoms with Crippen LogP contribution < -0.4 is 0 Å². The molecule has 74 valence electrons. The lowest BCUT2D eigenvalue weighted by molar-refractivity contribution is 0.569. The summed E-state index contributed by atoms with van der Waals surface area (Å²) in [6.07, 6.45) is 7.66. The molecular weight excluding hydrogens is 156 g/mol. The Balaban J connectivity index is 2.86. The van der Waals surface area contributed by atoms with E-state index in [0.29, 0.717) is 0 Å². The molecule has 0 bridgehead atoms. The molecule has 1 atom stereocenters. The molecular formula is C13H22. The highest BCUT2D eigenvalue weighted by Gasteiger charge is 2.12. The zero-order chi connectivity index (χ0) is 9.84. The molecule has 0 aromatic heterocycles. The largest absolute Gasteiger partial charge is 0.0782 e. The third kappa shape index (κ3) is 2.46. The summed E-state index contributed by atoms with van der Waals surface area (Å²) < 4.78 is 0. The van der Waals surface area contributed by atoms with E-state index in [-0.39, 0.29) is 0 Å². The maximum Gasteiger partial charge on any atom is -0.0227 e. The lowest BCUT2D eigenvalue weighted by atomic mass is 9.98. The quantitative estimate of drug-likeness (QED) is 0.585. The predicted molar refractivity (Wildman–Crippen MR) is 59.8 cm³/mol. The zero-order valence-corrected chi connectivity index (χ0v) is 9.48. The molecule has 1 aliphatic rings. The number of rotatable bonds is 2. The highest BCUT2D eigenvalue weighted by atomic mass is 14.2. The van der Waals surface area contributed by atoms with Crippen LogP contribution in [0.15, 0.2) is 22.8 Å². The lowest BCUT2D eigenvalue weighted by Gasteiger charge is -2.08. The lowest BCUT2D eigenvalue weighted by Crippen LogP contribution is -1.93. The van der Waals surface area contributed by atoms with Gasteiger partial charge in [-0.25, -0.2) is 0 Å². The van der Waals surface area contributed by atoms with Gasteiger partial charge in [-0.2, -0.15) is 0 Å². The molecule has 1 rings (SSSR count). The van der Waals surface area contributed by atoms with Gasteiger partial charge in [0.15, 0.2) is 0 Å². The standard InChI is InChI=1S/C13H22/c1-5-12-7-8-13(6-2)11(4)10(3)9-12/h9,12H,5-8H2,1-4H3. The van der Waals surface area contributed by atoms with Crippen molar-refractivity contribution in [3.63, 3.8) is 0 Å². The Morgan fingerprint density at radius 1 is 1.31 bits per heavy atom. The van der Waals surface area contributed by atoms with Crippen LogP contribution in [0.25, 0.3) is 0 Å². The van der Waals surface area contributed by atoms with Crippen molar-refractivity contribution in [2.24, 2.45) is 5.92 Å². The van der Waals surface area contributed by atoms with E-state index in [9.17, 15) is 0 Å². The monoisotopic (exact) mass is 178 g/mol. The second-order valence-corrected chi connectivity index (χ2v) is 4.14. The van der Waals surface area contributed by atoms with E-state index in [1.165, 1.54) is 31.3 Å². The molecule has 13 heavy (non-hydrogen) atoms. The topological polar surface area (TPSA) is 0 Å². The fraction of sp³-hybridized carbons (Fsp3) is 0.692. The van der Waals surface area contributed by atoms with Gasteiger partial charge in [-0.3, -0.25) is 0 Å². The highest BCUT2D eigenvalue weighted by molar-refractivity contribution is 5.34. The van der Waals surface area contributed by atoms with Crippen LogP contribution in [0.5, 0.6) is 0 Å². The fourth-order valence-electron chi connectivity index (χ4n) is 2.15. The molecule has 0 nitrogen and oxygen atoms in total. The van der Waals surface area contributed by atoms with E-state index in [4.69, 9.17) is 0 Å². The first-order valence-corrected chi connectivity index (χ1v) is 5.56. The average Bonchev–Trinajstić information content (AvgIpc) is 2.28. The van der Waals surface area contributed by atoms with Gasteiger partial charge in [-0.05, 0) is 51.0 Å². The van der Waals surface area contributed by atoms with E-state index in [2.05, 4.69) is 33.8 Å². The Labute approximate surface area is 82.7 Å². The van der Waals surface area contributed by atoms with Gasteiger partial charge >= 0.3 is 0 Å². The highest BCUT2D eigenvalue weighted by Crippen LogP contribution is 2.29. The van der Waals surface area contributed by atoms with Gasteiger partial charge in [-0.15, -0.1) is 0 Å². The number of allylic oxidation sites excluding steroid dienone is 4. The van der Waals surface area contributed by atoms with Gasteiger partial charge in [0.2, 0.25) is 0 Å². The Morgan fingerprint density at radius 2 is 2.00 bits per heavy atom. The molecule has 0 N–H and O–H groups in total. The SMILES string of the molecule is CCC1=C(C)C(C)=CC(CC)CC1. The van der Waals surface area contributed by atoms with Crippen LogP contribution in [0.4, 0.5) is 0 Å². The third-order valence-corrected chi connectivity index (χ3v) is 3.38. The summed E-state index contributed by atoms with van der Waals surface area (Å²) in [7, 11) is 0. The molecule has 1 unspecified atom stereocenters. The first-order chi connectivity index (χ1) is 6.19. The molecule has 0 aromatic carbocycles. The van der Waals surface area contributed by atoms with Crippen molar-refractivity contribution in [3.05, 3.63) is 22.8 Å². The van der Waals surface area contributed by atoms with Crippen LogP contribution in [-0.2, 0) is 0 Å². The minimum atomic E-state index is 0.819. The van der Waals surface area contributed by atoms with Crippen molar-refractivity contribution in [1.82, 2.24) is 0 Å². The molecule has 0 saturated carbocycles. The van der Waals surface area contributed by atoms with Gasteiger partial charge in [0, 0.05) is 0 Å². The molecule has 0 amide bonds. The molecule has 0 radical (unpaired) electrons. The smallest absolute Gasteiger partial charge is 0.0227 e. The first kappa shape index (κ1) is 10.6. The Morgan fingerprint density at radius 3 is 2.54 bits per heavy atom. The van der Waals surface area contributed by atoms with Crippen molar-refractivity contribution >= 4 is 0 Å². The van der Waals surface area contributed by atoms with E-state index in [0.717, 1.165) is 5.92 Å². The Kier molecular flexibility index (Phi) is 3.77. The fourth-order valence-corrected chi connectivity index (χ4v) is 2.15. The summed E-state index contributed by atoms with van der Waals surface area (Å²) in [5, 5.41) is 0. The van der Waals surface area contributed by atoms with E-state index >= 15 is 0 Å². The first-order valence-electron chi connectivity index (χ1n) is 5.56. The molecule has 0 heterocycles. The minimum Gasteiger partial charge on any atom is -0.0782 e. The van der Waals surface area contributed by atoms with Gasteiger partial charge in [-0.1, -0.05) is 31.1 Å². The normalized spacial score (nSPS) is 24.3. The summed E-state index contributed by atoms with van der Waals surface area (Å²) >= 11 is 0. The van der Waals surface area contributed by atoms with Crippen LogP contribution in [0.1, 0.15) is 53.4 Å². The average molecular weight is 178 g/mol. The van der Waals surface area contributed by atoms with Crippen LogP contribution in [0.2, 0.25) is 0 Å². The van der Waals surface area contributed by atoms with E-state index < -0.39 is 0 Å². The van der Waals surface area contributed by atoms with Crippen LogP contribution in [0, 0.1) is 5.92 Å². The van der Waals surface area contributed by atoms with Crippen LogP contribution in [-0.4, -0.2) is 0 Å². The maximum absolute atomic E-state index is 2.47. The zero-order valence-electron chi connectivity index (χ0n) is 9.48. The van der Waals surface area contributed by atoms with Crippen molar-refractivity contribution in [1.29, 1.82) is 0 Å². The van der Waals surface area contributed by atoms with E-state index in [1.807, 2.05) is 0 Å². The summed E-state index contributed by atoms with van der Waals surface area (Å²) in [5.41, 5.74) is 4.74. The van der Waals surface area contributed by atoms with Gasteiger partial charge in [0.1, 0.15) is 0 Å². The third-order valence-electron chi connectivity index (χ3n) is 3.38. The summed E-state index contributed by atoms with van der Waals surface area (Å²) in [6, 6.07) is 0. The molecule has 0 saturated heterocycles. The minimum absolute atomic E-state index is 0.819.